The Bertz CT molecular complexity index is 720. The third kappa shape index (κ3) is 6.17. The molecule has 0 aliphatic rings. The lowest BCUT2D eigenvalue weighted by Crippen LogP contribution is -2.88. The van der Waals surface area contributed by atoms with Crippen LogP contribution >= 0.6 is 11.6 Å². The molecular weight excluding hydrogens is 352 g/mol. The van der Waals surface area contributed by atoms with Crippen molar-refractivity contribution >= 4 is 23.5 Å². The zero-order chi connectivity index (χ0) is 18.9. The zero-order valence-corrected chi connectivity index (χ0v) is 15.7. The Labute approximate surface area is 158 Å². The molecule has 2 atom stereocenters. The molecule has 6 heteroatoms. The summed E-state index contributed by atoms with van der Waals surface area (Å²) in [6.45, 7) is 1.95. The fourth-order valence-electron chi connectivity index (χ4n) is 2.33. The van der Waals surface area contributed by atoms with Crippen LogP contribution in [0.3, 0.4) is 0 Å². The van der Waals surface area contributed by atoms with Crippen molar-refractivity contribution in [3.63, 3.8) is 0 Å². The molecule has 138 valence electrons. The van der Waals surface area contributed by atoms with Gasteiger partial charge in [0.25, 0.3) is 5.91 Å². The van der Waals surface area contributed by atoms with Crippen molar-refractivity contribution in [3.05, 3.63) is 70.7 Å². The third-order valence-electron chi connectivity index (χ3n) is 4.09. The summed E-state index contributed by atoms with van der Waals surface area (Å²) in [5.74, 6) is -0.663. The molecule has 2 aromatic rings. The van der Waals surface area contributed by atoms with E-state index in [4.69, 9.17) is 16.3 Å². The molecule has 0 heterocycles. The SMILES string of the molecule is C[NH2+][C@H](C)C(=O)N[C@H](Cc1ccc(Cl)cc1)C(=O)OCc1ccccc1. The normalized spacial score (nSPS) is 12.9. The summed E-state index contributed by atoms with van der Waals surface area (Å²) in [6, 6.07) is 15.6. The van der Waals surface area contributed by atoms with E-state index in [2.05, 4.69) is 5.32 Å². The van der Waals surface area contributed by atoms with Crippen molar-refractivity contribution in [2.75, 3.05) is 7.05 Å². The monoisotopic (exact) mass is 375 g/mol. The van der Waals surface area contributed by atoms with Gasteiger partial charge >= 0.3 is 5.97 Å². The molecule has 0 unspecified atom stereocenters. The number of rotatable bonds is 8. The molecule has 0 radical (unpaired) electrons. The number of hydrogen-bond acceptors (Lipinski definition) is 3. The standard InChI is InChI=1S/C20H23ClN2O3/c1-14(22-2)19(24)23-18(12-15-8-10-17(21)11-9-15)20(25)26-13-16-6-4-3-5-7-16/h3-11,14,18,22H,12-13H2,1-2H3,(H,23,24)/p+1/t14-,18-/m1/s1. The van der Waals surface area contributed by atoms with Crippen molar-refractivity contribution in [1.29, 1.82) is 0 Å². The predicted octanol–water partition coefficient (Wildman–Crippen LogP) is 1.69. The van der Waals surface area contributed by atoms with E-state index in [1.165, 1.54) is 0 Å². The maximum Gasteiger partial charge on any atom is 0.329 e. The molecule has 0 aliphatic heterocycles. The van der Waals surface area contributed by atoms with E-state index < -0.39 is 12.0 Å². The van der Waals surface area contributed by atoms with Crippen molar-refractivity contribution in [2.45, 2.75) is 32.0 Å². The highest BCUT2D eigenvalue weighted by Gasteiger charge is 2.26. The van der Waals surface area contributed by atoms with Gasteiger partial charge in [0.15, 0.2) is 6.04 Å². The number of hydrogen-bond donors (Lipinski definition) is 2. The summed E-state index contributed by atoms with van der Waals surface area (Å²) in [4.78, 5) is 24.8. The molecule has 5 nitrogen and oxygen atoms in total. The number of benzene rings is 2. The molecule has 3 N–H and O–H groups in total. The molecule has 0 aromatic heterocycles. The van der Waals surface area contributed by atoms with Gasteiger partial charge in [-0.15, -0.1) is 0 Å². The number of halogens is 1. The topological polar surface area (TPSA) is 72.0 Å². The summed E-state index contributed by atoms with van der Waals surface area (Å²) in [6.07, 6.45) is 0.340. The molecule has 0 spiro atoms. The summed E-state index contributed by atoms with van der Waals surface area (Å²) >= 11 is 5.91. The maximum absolute atomic E-state index is 12.6. The minimum absolute atomic E-state index is 0.169. The van der Waals surface area contributed by atoms with Crippen LogP contribution < -0.4 is 10.6 Å². The molecule has 0 saturated heterocycles. The first-order valence-corrected chi connectivity index (χ1v) is 8.92. The van der Waals surface area contributed by atoms with Crippen molar-refractivity contribution in [3.8, 4) is 0 Å². The number of quaternary nitrogens is 1. The van der Waals surface area contributed by atoms with Gasteiger partial charge in [0.05, 0.1) is 7.05 Å². The number of esters is 1. The van der Waals surface area contributed by atoms with E-state index in [0.29, 0.717) is 11.4 Å². The number of likely N-dealkylation sites (N-methyl/N-ethyl adjacent to an activating group) is 1. The number of ether oxygens (including phenoxy) is 1. The molecule has 0 fully saturated rings. The Hall–Kier alpha value is -2.37. The van der Waals surface area contributed by atoms with Crippen LogP contribution in [-0.4, -0.2) is 31.0 Å². The van der Waals surface area contributed by atoms with Gasteiger partial charge in [-0.2, -0.15) is 0 Å². The minimum Gasteiger partial charge on any atom is -0.459 e. The Morgan fingerprint density at radius 1 is 1.08 bits per heavy atom. The molecule has 2 aromatic carbocycles. The highest BCUT2D eigenvalue weighted by molar-refractivity contribution is 6.30. The van der Waals surface area contributed by atoms with Gasteiger partial charge in [0.2, 0.25) is 0 Å². The number of amides is 1. The van der Waals surface area contributed by atoms with Gasteiger partial charge in [-0.1, -0.05) is 54.1 Å². The zero-order valence-electron chi connectivity index (χ0n) is 14.9. The minimum atomic E-state index is -0.755. The number of carbonyl (C=O) groups excluding carboxylic acids is 2. The summed E-state index contributed by atoms with van der Waals surface area (Å²) < 4.78 is 5.41. The van der Waals surface area contributed by atoms with Gasteiger partial charge < -0.3 is 15.4 Å². The second-order valence-electron chi connectivity index (χ2n) is 6.11. The number of carbonyl (C=O) groups is 2. The first-order valence-electron chi connectivity index (χ1n) is 8.54. The van der Waals surface area contributed by atoms with Gasteiger partial charge in [-0.25, -0.2) is 4.79 Å². The quantitative estimate of drug-likeness (QED) is 0.690. The van der Waals surface area contributed by atoms with E-state index in [1.807, 2.05) is 49.5 Å². The van der Waals surface area contributed by atoms with Crippen LogP contribution in [0.15, 0.2) is 54.6 Å². The Balaban J connectivity index is 2.06. The summed E-state index contributed by atoms with van der Waals surface area (Å²) in [5.41, 5.74) is 1.79. The Morgan fingerprint density at radius 2 is 1.73 bits per heavy atom. The first-order chi connectivity index (χ1) is 12.5. The highest BCUT2D eigenvalue weighted by atomic mass is 35.5. The molecule has 0 aliphatic carbocycles. The average Bonchev–Trinajstić information content (AvgIpc) is 2.67. The van der Waals surface area contributed by atoms with Gasteiger partial charge in [-0.05, 0) is 30.2 Å². The lowest BCUT2D eigenvalue weighted by Gasteiger charge is -2.19. The predicted molar refractivity (Wildman–Crippen MR) is 101 cm³/mol. The smallest absolute Gasteiger partial charge is 0.329 e. The Morgan fingerprint density at radius 3 is 2.35 bits per heavy atom. The van der Waals surface area contributed by atoms with E-state index in [-0.39, 0.29) is 18.6 Å². The third-order valence-corrected chi connectivity index (χ3v) is 4.34. The lowest BCUT2D eigenvalue weighted by atomic mass is 10.1. The first kappa shape index (κ1) is 19.9. The van der Waals surface area contributed by atoms with Crippen LogP contribution in [0.5, 0.6) is 0 Å². The van der Waals surface area contributed by atoms with E-state index in [9.17, 15) is 9.59 Å². The second kappa shape index (κ2) is 9.94. The van der Waals surface area contributed by atoms with E-state index in [1.54, 1.807) is 24.4 Å². The van der Waals surface area contributed by atoms with Crippen molar-refractivity contribution in [2.24, 2.45) is 0 Å². The molecule has 0 bridgehead atoms. The van der Waals surface area contributed by atoms with Crippen LogP contribution in [0.2, 0.25) is 5.02 Å². The number of nitrogens with two attached hydrogens (primary N) is 1. The molecule has 0 saturated carbocycles. The molecule has 2 rings (SSSR count). The molecule has 1 amide bonds. The van der Waals surface area contributed by atoms with Crippen LogP contribution in [0.4, 0.5) is 0 Å². The highest BCUT2D eigenvalue weighted by Crippen LogP contribution is 2.12. The van der Waals surface area contributed by atoms with Gasteiger partial charge in [-0.3, -0.25) is 4.79 Å². The Kier molecular flexibility index (Phi) is 7.63. The van der Waals surface area contributed by atoms with Crippen LogP contribution in [0.25, 0.3) is 0 Å². The average molecular weight is 376 g/mol. The second-order valence-corrected chi connectivity index (χ2v) is 6.54. The number of nitrogens with one attached hydrogen (secondary N) is 1. The van der Waals surface area contributed by atoms with Crippen LogP contribution in [-0.2, 0) is 27.4 Å². The molecule has 26 heavy (non-hydrogen) atoms. The van der Waals surface area contributed by atoms with Crippen LogP contribution in [0.1, 0.15) is 18.1 Å². The fraction of sp³-hybridized carbons (Fsp3) is 0.300. The largest absolute Gasteiger partial charge is 0.459 e. The molecular formula is C20H24ClN2O3+. The van der Waals surface area contributed by atoms with Crippen molar-refractivity contribution < 1.29 is 19.6 Å². The van der Waals surface area contributed by atoms with E-state index in [0.717, 1.165) is 11.1 Å². The van der Waals surface area contributed by atoms with Gasteiger partial charge in [0.1, 0.15) is 12.6 Å². The lowest BCUT2D eigenvalue weighted by molar-refractivity contribution is -0.646. The van der Waals surface area contributed by atoms with Gasteiger partial charge in [0, 0.05) is 11.4 Å². The fourth-order valence-corrected chi connectivity index (χ4v) is 2.46. The van der Waals surface area contributed by atoms with Crippen molar-refractivity contribution in [1.82, 2.24) is 5.32 Å². The summed E-state index contributed by atoms with van der Waals surface area (Å²) in [5, 5.41) is 5.19. The summed E-state index contributed by atoms with van der Waals surface area (Å²) in [7, 11) is 1.81. The van der Waals surface area contributed by atoms with Crippen LogP contribution in [0, 0.1) is 0 Å². The van der Waals surface area contributed by atoms with E-state index >= 15 is 0 Å². The maximum atomic E-state index is 12.6.